The predicted octanol–water partition coefficient (Wildman–Crippen LogP) is 2.11. The zero-order valence-corrected chi connectivity index (χ0v) is 18.0. The average molecular weight is 409 g/mol. The molecule has 1 heterocycles. The smallest absolute Gasteiger partial charge is 0.309 e. The summed E-state index contributed by atoms with van der Waals surface area (Å²) in [7, 11) is 2.16. The van der Waals surface area contributed by atoms with Gasteiger partial charge >= 0.3 is 11.8 Å². The first-order valence-corrected chi connectivity index (χ1v) is 10.7. The van der Waals surface area contributed by atoms with Crippen molar-refractivity contribution in [3.05, 3.63) is 65.2 Å². The minimum absolute atomic E-state index is 0.353. The number of hydrogen-bond acceptors (Lipinski definition) is 4. The number of rotatable bonds is 7. The maximum atomic E-state index is 11.9. The molecular formula is C24H32N4O2. The summed E-state index contributed by atoms with van der Waals surface area (Å²) in [4.78, 5) is 28.6. The number of nitrogens with zero attached hydrogens (tertiary/aromatic N) is 2. The molecule has 2 aromatic rings. The molecule has 0 saturated carbocycles. The second-order valence-corrected chi connectivity index (χ2v) is 7.98. The summed E-state index contributed by atoms with van der Waals surface area (Å²) in [5.41, 5.74) is 4.65. The van der Waals surface area contributed by atoms with E-state index < -0.39 is 11.8 Å². The standard InChI is InChI=1S/C24H32N4O2/c1-19-5-7-21(8-6-19)18-26-24(30)23(29)25-13-3-4-20-9-11-22(12-10-20)28-16-14-27(2)15-17-28/h5-12H,3-4,13-18H2,1-2H3,(H,25,29)(H,26,30). The summed E-state index contributed by atoms with van der Waals surface area (Å²) in [5.74, 6) is -1.17. The molecule has 6 nitrogen and oxygen atoms in total. The van der Waals surface area contributed by atoms with E-state index in [1.165, 1.54) is 11.3 Å². The highest BCUT2D eigenvalue weighted by molar-refractivity contribution is 6.35. The monoisotopic (exact) mass is 408 g/mol. The first-order valence-electron chi connectivity index (χ1n) is 10.7. The van der Waals surface area contributed by atoms with Crippen molar-refractivity contribution in [3.8, 4) is 0 Å². The lowest BCUT2D eigenvalue weighted by Gasteiger charge is -2.34. The van der Waals surface area contributed by atoms with Gasteiger partial charge in [0.15, 0.2) is 0 Å². The summed E-state index contributed by atoms with van der Waals surface area (Å²) < 4.78 is 0. The number of carbonyl (C=O) groups excluding carboxylic acids is 2. The van der Waals surface area contributed by atoms with Crippen molar-refractivity contribution in [3.63, 3.8) is 0 Å². The van der Waals surface area contributed by atoms with Crippen molar-refractivity contribution < 1.29 is 9.59 Å². The van der Waals surface area contributed by atoms with Gasteiger partial charge in [-0.1, -0.05) is 42.0 Å². The molecule has 1 fully saturated rings. The molecule has 0 spiro atoms. The third-order valence-corrected chi connectivity index (χ3v) is 5.51. The predicted molar refractivity (Wildman–Crippen MR) is 121 cm³/mol. The molecule has 2 N–H and O–H groups in total. The van der Waals surface area contributed by atoms with E-state index in [-0.39, 0.29) is 0 Å². The molecule has 1 aliphatic heterocycles. The molecule has 30 heavy (non-hydrogen) atoms. The largest absolute Gasteiger partial charge is 0.369 e. The lowest BCUT2D eigenvalue weighted by atomic mass is 10.1. The fourth-order valence-corrected chi connectivity index (χ4v) is 3.48. The van der Waals surface area contributed by atoms with E-state index in [1.807, 2.05) is 31.2 Å². The number of hydrogen-bond donors (Lipinski definition) is 2. The van der Waals surface area contributed by atoms with Gasteiger partial charge in [0, 0.05) is 45.0 Å². The molecule has 1 saturated heterocycles. The Morgan fingerprint density at radius 2 is 1.43 bits per heavy atom. The number of piperazine rings is 1. The van der Waals surface area contributed by atoms with Gasteiger partial charge in [0.1, 0.15) is 0 Å². The van der Waals surface area contributed by atoms with Gasteiger partial charge < -0.3 is 20.4 Å². The Bertz CT molecular complexity index is 825. The number of benzene rings is 2. The highest BCUT2D eigenvalue weighted by Crippen LogP contribution is 2.17. The average Bonchev–Trinajstić information content (AvgIpc) is 2.77. The molecule has 0 atom stereocenters. The SMILES string of the molecule is Cc1ccc(CNC(=O)C(=O)NCCCc2ccc(N3CCN(C)CC3)cc2)cc1. The molecule has 0 radical (unpaired) electrons. The van der Waals surface area contributed by atoms with Crippen LogP contribution in [0.25, 0.3) is 0 Å². The molecule has 6 heteroatoms. The summed E-state index contributed by atoms with van der Waals surface area (Å²) in [6, 6.07) is 16.5. The van der Waals surface area contributed by atoms with Crippen LogP contribution in [0.5, 0.6) is 0 Å². The second kappa shape index (κ2) is 10.8. The Kier molecular flexibility index (Phi) is 7.85. The van der Waals surface area contributed by atoms with Gasteiger partial charge in [0.25, 0.3) is 0 Å². The molecule has 0 aliphatic carbocycles. The Hall–Kier alpha value is -2.86. The van der Waals surface area contributed by atoms with E-state index in [2.05, 4.69) is 51.7 Å². The van der Waals surface area contributed by atoms with Crippen LogP contribution in [-0.4, -0.2) is 56.5 Å². The number of likely N-dealkylation sites (N-methyl/N-ethyl adjacent to an activating group) is 1. The fraction of sp³-hybridized carbons (Fsp3) is 0.417. The Labute approximate surface area is 179 Å². The van der Waals surface area contributed by atoms with Gasteiger partial charge in [-0.2, -0.15) is 0 Å². The van der Waals surface area contributed by atoms with E-state index >= 15 is 0 Å². The van der Waals surface area contributed by atoms with Crippen molar-refractivity contribution in [1.29, 1.82) is 0 Å². The zero-order chi connectivity index (χ0) is 21.3. The summed E-state index contributed by atoms with van der Waals surface area (Å²) in [6.45, 7) is 7.17. The maximum absolute atomic E-state index is 11.9. The van der Waals surface area contributed by atoms with Crippen LogP contribution < -0.4 is 15.5 Å². The van der Waals surface area contributed by atoms with Crippen LogP contribution in [0.3, 0.4) is 0 Å². The zero-order valence-electron chi connectivity index (χ0n) is 18.0. The maximum Gasteiger partial charge on any atom is 0.309 e. The van der Waals surface area contributed by atoms with Gasteiger partial charge in [-0.05, 0) is 50.1 Å². The van der Waals surface area contributed by atoms with Crippen molar-refractivity contribution in [2.24, 2.45) is 0 Å². The molecular weight excluding hydrogens is 376 g/mol. The van der Waals surface area contributed by atoms with Gasteiger partial charge in [-0.3, -0.25) is 9.59 Å². The van der Waals surface area contributed by atoms with Gasteiger partial charge in [0.05, 0.1) is 0 Å². The van der Waals surface area contributed by atoms with Crippen molar-refractivity contribution >= 4 is 17.5 Å². The third-order valence-electron chi connectivity index (χ3n) is 5.51. The third kappa shape index (κ3) is 6.59. The fourth-order valence-electron chi connectivity index (χ4n) is 3.48. The van der Waals surface area contributed by atoms with E-state index in [0.29, 0.717) is 13.1 Å². The summed E-state index contributed by atoms with van der Waals surface area (Å²) in [6.07, 6.45) is 1.67. The first kappa shape index (κ1) is 21.8. The Balaban J connectivity index is 1.33. The van der Waals surface area contributed by atoms with E-state index in [4.69, 9.17) is 0 Å². The van der Waals surface area contributed by atoms with Crippen LogP contribution in [0, 0.1) is 6.92 Å². The number of amides is 2. The van der Waals surface area contributed by atoms with Gasteiger partial charge in [-0.15, -0.1) is 0 Å². The first-order chi connectivity index (χ1) is 14.5. The van der Waals surface area contributed by atoms with Crippen molar-refractivity contribution in [1.82, 2.24) is 15.5 Å². The quantitative estimate of drug-likeness (QED) is 0.544. The molecule has 3 rings (SSSR count). The van der Waals surface area contributed by atoms with Gasteiger partial charge in [-0.25, -0.2) is 0 Å². The van der Waals surface area contributed by atoms with Crippen LogP contribution in [0.4, 0.5) is 5.69 Å². The van der Waals surface area contributed by atoms with E-state index in [0.717, 1.165) is 50.1 Å². The number of nitrogens with one attached hydrogen (secondary N) is 2. The Morgan fingerprint density at radius 3 is 2.10 bits per heavy atom. The van der Waals surface area contributed by atoms with Crippen LogP contribution in [0.1, 0.15) is 23.1 Å². The molecule has 160 valence electrons. The van der Waals surface area contributed by atoms with Crippen molar-refractivity contribution in [2.45, 2.75) is 26.3 Å². The number of aryl methyl sites for hydroxylation is 2. The lowest BCUT2D eigenvalue weighted by Crippen LogP contribution is -2.44. The lowest BCUT2D eigenvalue weighted by molar-refractivity contribution is -0.139. The normalized spacial score (nSPS) is 14.4. The van der Waals surface area contributed by atoms with Gasteiger partial charge in [0.2, 0.25) is 0 Å². The highest BCUT2D eigenvalue weighted by Gasteiger charge is 2.14. The van der Waals surface area contributed by atoms with E-state index in [9.17, 15) is 9.59 Å². The van der Waals surface area contributed by atoms with E-state index in [1.54, 1.807) is 0 Å². The molecule has 0 bridgehead atoms. The molecule has 2 aromatic carbocycles. The van der Waals surface area contributed by atoms with Crippen LogP contribution in [-0.2, 0) is 22.6 Å². The summed E-state index contributed by atoms with van der Waals surface area (Å²) in [5, 5.41) is 5.36. The summed E-state index contributed by atoms with van der Waals surface area (Å²) >= 11 is 0. The minimum atomic E-state index is -0.591. The highest BCUT2D eigenvalue weighted by atomic mass is 16.2. The van der Waals surface area contributed by atoms with Crippen LogP contribution in [0.2, 0.25) is 0 Å². The Morgan fingerprint density at radius 1 is 0.833 bits per heavy atom. The minimum Gasteiger partial charge on any atom is -0.369 e. The molecule has 1 aliphatic rings. The van der Waals surface area contributed by atoms with Crippen molar-refractivity contribution in [2.75, 3.05) is 44.7 Å². The molecule has 0 aromatic heterocycles. The molecule has 2 amide bonds. The number of anilines is 1. The molecule has 0 unspecified atom stereocenters. The number of carbonyl (C=O) groups is 2. The van der Waals surface area contributed by atoms with Crippen LogP contribution in [0.15, 0.2) is 48.5 Å². The van der Waals surface area contributed by atoms with Crippen LogP contribution >= 0.6 is 0 Å². The second-order valence-electron chi connectivity index (χ2n) is 7.98. The topological polar surface area (TPSA) is 64.7 Å².